The highest BCUT2D eigenvalue weighted by molar-refractivity contribution is 7.98. The van der Waals surface area contributed by atoms with Gasteiger partial charge in [-0.05, 0) is 24.3 Å². The molecular weight excluding hydrogens is 340 g/mol. The SMILES string of the molecule is CCc1noc(CSc2nnc(COc3ccc(Cl)cc3)o2)n1. The second-order valence-corrected chi connectivity index (χ2v) is 5.81. The van der Waals surface area contributed by atoms with E-state index >= 15 is 0 Å². The van der Waals surface area contributed by atoms with Crippen molar-refractivity contribution in [2.75, 3.05) is 0 Å². The molecule has 3 rings (SSSR count). The molecule has 0 bridgehead atoms. The van der Waals surface area contributed by atoms with Crippen LogP contribution in [0, 0.1) is 0 Å². The lowest BCUT2D eigenvalue weighted by Crippen LogP contribution is -1.95. The van der Waals surface area contributed by atoms with Crippen LogP contribution in [0.5, 0.6) is 5.75 Å². The molecule has 0 amide bonds. The zero-order chi connectivity index (χ0) is 16.1. The van der Waals surface area contributed by atoms with Gasteiger partial charge in [-0.1, -0.05) is 35.4 Å². The minimum Gasteiger partial charge on any atom is -0.484 e. The molecule has 0 saturated heterocycles. The molecule has 3 aromatic rings. The van der Waals surface area contributed by atoms with Crippen LogP contribution in [-0.4, -0.2) is 20.3 Å². The first kappa shape index (κ1) is 15.8. The summed E-state index contributed by atoms with van der Waals surface area (Å²) in [6.07, 6.45) is 0.737. The average Bonchev–Trinajstić information content (AvgIpc) is 3.21. The van der Waals surface area contributed by atoms with Crippen LogP contribution in [0.25, 0.3) is 0 Å². The first-order valence-corrected chi connectivity index (χ1v) is 8.24. The lowest BCUT2D eigenvalue weighted by molar-refractivity contribution is 0.252. The molecular formula is C14H13ClN4O3S. The molecule has 7 nitrogen and oxygen atoms in total. The van der Waals surface area contributed by atoms with Crippen molar-refractivity contribution in [1.82, 2.24) is 20.3 Å². The van der Waals surface area contributed by atoms with E-state index in [1.165, 1.54) is 11.8 Å². The number of hydrogen-bond donors (Lipinski definition) is 0. The Kier molecular flexibility index (Phi) is 5.14. The predicted octanol–water partition coefficient (Wildman–Crippen LogP) is 3.54. The van der Waals surface area contributed by atoms with Gasteiger partial charge in [-0.2, -0.15) is 4.98 Å². The van der Waals surface area contributed by atoms with E-state index in [1.54, 1.807) is 24.3 Å². The summed E-state index contributed by atoms with van der Waals surface area (Å²) in [5, 5.41) is 12.8. The zero-order valence-corrected chi connectivity index (χ0v) is 13.8. The van der Waals surface area contributed by atoms with Gasteiger partial charge in [-0.25, -0.2) is 0 Å². The summed E-state index contributed by atoms with van der Waals surface area (Å²) in [4.78, 5) is 4.21. The van der Waals surface area contributed by atoms with Crippen molar-refractivity contribution in [3.8, 4) is 5.75 Å². The Morgan fingerprint density at radius 1 is 1.17 bits per heavy atom. The van der Waals surface area contributed by atoms with Crippen molar-refractivity contribution in [2.24, 2.45) is 0 Å². The van der Waals surface area contributed by atoms with E-state index in [4.69, 9.17) is 25.3 Å². The lowest BCUT2D eigenvalue weighted by Gasteiger charge is -2.02. The molecule has 0 fully saturated rings. The third kappa shape index (κ3) is 4.46. The number of thioether (sulfide) groups is 1. The maximum Gasteiger partial charge on any atom is 0.277 e. The van der Waals surface area contributed by atoms with Crippen molar-refractivity contribution in [2.45, 2.75) is 30.9 Å². The molecule has 0 spiro atoms. The third-order valence-corrected chi connectivity index (χ3v) is 3.82. The Balaban J connectivity index is 1.50. The van der Waals surface area contributed by atoms with Crippen LogP contribution >= 0.6 is 23.4 Å². The minimum absolute atomic E-state index is 0.190. The van der Waals surface area contributed by atoms with Crippen molar-refractivity contribution >= 4 is 23.4 Å². The predicted molar refractivity (Wildman–Crippen MR) is 83.3 cm³/mol. The van der Waals surface area contributed by atoms with Gasteiger partial charge in [-0.3, -0.25) is 0 Å². The van der Waals surface area contributed by atoms with Crippen LogP contribution in [0.2, 0.25) is 5.02 Å². The molecule has 0 atom stereocenters. The second kappa shape index (κ2) is 7.47. The normalized spacial score (nSPS) is 10.9. The lowest BCUT2D eigenvalue weighted by atomic mass is 10.3. The Morgan fingerprint density at radius 3 is 2.74 bits per heavy atom. The van der Waals surface area contributed by atoms with E-state index in [9.17, 15) is 0 Å². The maximum absolute atomic E-state index is 5.81. The van der Waals surface area contributed by atoms with E-state index < -0.39 is 0 Å². The van der Waals surface area contributed by atoms with Gasteiger partial charge in [0.2, 0.25) is 5.89 Å². The number of ether oxygens (including phenoxy) is 1. The van der Waals surface area contributed by atoms with Gasteiger partial charge in [0.25, 0.3) is 11.1 Å². The van der Waals surface area contributed by atoms with Crippen LogP contribution in [0.4, 0.5) is 0 Å². The summed E-state index contributed by atoms with van der Waals surface area (Å²) in [7, 11) is 0. The van der Waals surface area contributed by atoms with Crippen molar-refractivity contribution < 1.29 is 13.7 Å². The van der Waals surface area contributed by atoms with Crippen molar-refractivity contribution in [3.05, 3.63) is 46.9 Å². The topological polar surface area (TPSA) is 87.1 Å². The molecule has 0 radical (unpaired) electrons. The zero-order valence-electron chi connectivity index (χ0n) is 12.2. The van der Waals surface area contributed by atoms with Gasteiger partial charge in [0.05, 0.1) is 5.75 Å². The summed E-state index contributed by atoms with van der Waals surface area (Å²) in [6.45, 7) is 2.16. The Morgan fingerprint density at radius 2 is 2.00 bits per heavy atom. The Hall–Kier alpha value is -2.06. The average molecular weight is 353 g/mol. The number of halogens is 1. The molecule has 0 unspecified atom stereocenters. The van der Waals surface area contributed by atoms with Crippen LogP contribution in [-0.2, 0) is 18.8 Å². The first-order chi connectivity index (χ1) is 11.2. The summed E-state index contributed by atoms with van der Waals surface area (Å²) in [5.74, 6) is 2.77. The van der Waals surface area contributed by atoms with Gasteiger partial charge >= 0.3 is 0 Å². The fourth-order valence-corrected chi connectivity index (χ4v) is 2.39. The first-order valence-electron chi connectivity index (χ1n) is 6.88. The third-order valence-electron chi connectivity index (χ3n) is 2.77. The van der Waals surface area contributed by atoms with E-state index in [0.717, 1.165) is 6.42 Å². The summed E-state index contributed by atoms with van der Waals surface area (Å²) < 4.78 is 16.1. The van der Waals surface area contributed by atoms with Gasteiger partial charge in [0.15, 0.2) is 12.4 Å². The highest BCUT2D eigenvalue weighted by atomic mass is 35.5. The van der Waals surface area contributed by atoms with Crippen LogP contribution in [0.1, 0.15) is 24.5 Å². The number of hydrogen-bond acceptors (Lipinski definition) is 8. The monoisotopic (exact) mass is 352 g/mol. The minimum atomic E-state index is 0.190. The summed E-state index contributed by atoms with van der Waals surface area (Å²) in [5.41, 5.74) is 0. The quantitative estimate of drug-likeness (QED) is 0.597. The largest absolute Gasteiger partial charge is 0.484 e. The van der Waals surface area contributed by atoms with Gasteiger partial charge in [-0.15, -0.1) is 10.2 Å². The molecule has 2 aromatic heterocycles. The molecule has 0 aliphatic carbocycles. The number of benzene rings is 1. The van der Waals surface area contributed by atoms with Crippen LogP contribution < -0.4 is 4.74 Å². The Bertz CT molecular complexity index is 759. The molecule has 120 valence electrons. The molecule has 23 heavy (non-hydrogen) atoms. The van der Waals surface area contributed by atoms with Crippen LogP contribution in [0.15, 0.2) is 38.4 Å². The molecule has 2 heterocycles. The van der Waals surface area contributed by atoms with Gasteiger partial charge in [0.1, 0.15) is 5.75 Å². The van der Waals surface area contributed by atoms with E-state index in [2.05, 4.69) is 20.3 Å². The highest BCUT2D eigenvalue weighted by Crippen LogP contribution is 2.21. The smallest absolute Gasteiger partial charge is 0.277 e. The summed E-state index contributed by atoms with van der Waals surface area (Å²) in [6, 6.07) is 7.05. The molecule has 0 aliphatic heterocycles. The number of nitrogens with zero attached hydrogens (tertiary/aromatic N) is 4. The molecule has 0 N–H and O–H groups in total. The number of aromatic nitrogens is 4. The van der Waals surface area contributed by atoms with Gasteiger partial charge in [0, 0.05) is 11.4 Å². The van der Waals surface area contributed by atoms with Crippen molar-refractivity contribution in [3.63, 3.8) is 0 Å². The fraction of sp³-hybridized carbons (Fsp3) is 0.286. The number of aryl methyl sites for hydroxylation is 1. The van der Waals surface area contributed by atoms with E-state index in [-0.39, 0.29) is 6.61 Å². The fourth-order valence-electron chi connectivity index (χ4n) is 1.65. The molecule has 0 saturated carbocycles. The van der Waals surface area contributed by atoms with Crippen LogP contribution in [0.3, 0.4) is 0 Å². The molecule has 1 aromatic carbocycles. The standard InChI is InChI=1S/C14H13ClN4O3S/c1-2-11-16-13(22-19-11)8-23-14-18-17-12(21-14)7-20-10-5-3-9(15)4-6-10/h3-6H,2,7-8H2,1H3. The maximum atomic E-state index is 5.81. The summed E-state index contributed by atoms with van der Waals surface area (Å²) >= 11 is 7.14. The number of rotatable bonds is 7. The van der Waals surface area contributed by atoms with Crippen molar-refractivity contribution in [1.29, 1.82) is 0 Å². The van der Waals surface area contributed by atoms with Gasteiger partial charge < -0.3 is 13.7 Å². The Labute approximate surface area is 141 Å². The second-order valence-electron chi connectivity index (χ2n) is 4.45. The van der Waals surface area contributed by atoms with E-state index in [0.29, 0.717) is 39.4 Å². The molecule has 9 heteroatoms. The van der Waals surface area contributed by atoms with E-state index in [1.807, 2.05) is 6.92 Å². The molecule has 0 aliphatic rings. The highest BCUT2D eigenvalue weighted by Gasteiger charge is 2.11.